The van der Waals surface area contributed by atoms with Gasteiger partial charge in [0.15, 0.2) is 11.5 Å². The number of hydrogen-bond acceptors (Lipinski definition) is 6. The second kappa shape index (κ2) is 8.91. The lowest BCUT2D eigenvalue weighted by Gasteiger charge is -2.34. The summed E-state index contributed by atoms with van der Waals surface area (Å²) in [6.45, 7) is 4.28. The van der Waals surface area contributed by atoms with E-state index in [1.165, 1.54) is 0 Å². The molecule has 0 aliphatic carbocycles. The van der Waals surface area contributed by atoms with E-state index in [1.807, 2.05) is 30.3 Å². The highest BCUT2D eigenvalue weighted by Crippen LogP contribution is 2.32. The second-order valence-electron chi connectivity index (χ2n) is 7.15. The molecule has 2 aliphatic rings. The molecule has 8 heteroatoms. The number of piperazine rings is 1. The summed E-state index contributed by atoms with van der Waals surface area (Å²) < 4.78 is 10.8. The number of carbonyl (C=O) groups is 2. The number of aromatic nitrogens is 1. The Kier molecular flexibility index (Phi) is 5.90. The van der Waals surface area contributed by atoms with Gasteiger partial charge in [-0.2, -0.15) is 0 Å². The minimum Gasteiger partial charge on any atom is -0.454 e. The van der Waals surface area contributed by atoms with E-state index in [4.69, 9.17) is 9.47 Å². The molecule has 1 N–H and O–H groups in total. The zero-order valence-electron chi connectivity index (χ0n) is 16.2. The van der Waals surface area contributed by atoms with E-state index in [0.29, 0.717) is 19.6 Å². The fourth-order valence-electron chi connectivity index (χ4n) is 3.47. The van der Waals surface area contributed by atoms with Crippen LogP contribution in [-0.4, -0.2) is 59.6 Å². The molecule has 0 spiro atoms. The smallest absolute Gasteiger partial charge is 0.232 e. The number of carbonyl (C=O) groups excluding carboxylic acids is 2. The first-order chi connectivity index (χ1) is 14.2. The van der Waals surface area contributed by atoms with Crippen LogP contribution in [-0.2, 0) is 22.7 Å². The van der Waals surface area contributed by atoms with Crippen LogP contribution in [0.2, 0.25) is 0 Å². The molecule has 1 aromatic carbocycles. The topological polar surface area (TPSA) is 84.0 Å². The zero-order valence-corrected chi connectivity index (χ0v) is 16.2. The number of rotatable bonds is 6. The van der Waals surface area contributed by atoms with E-state index >= 15 is 0 Å². The maximum Gasteiger partial charge on any atom is 0.232 e. The highest BCUT2D eigenvalue weighted by Gasteiger charge is 2.23. The molecular formula is C21H24N4O4. The van der Waals surface area contributed by atoms with E-state index < -0.39 is 0 Å². The lowest BCUT2D eigenvalue weighted by Crippen LogP contribution is -2.49. The van der Waals surface area contributed by atoms with Crippen molar-refractivity contribution in [3.05, 3.63) is 53.9 Å². The van der Waals surface area contributed by atoms with E-state index in [2.05, 4.69) is 15.2 Å². The monoisotopic (exact) mass is 396 g/mol. The highest BCUT2D eigenvalue weighted by molar-refractivity contribution is 5.96. The van der Waals surface area contributed by atoms with E-state index in [9.17, 15) is 9.59 Å². The van der Waals surface area contributed by atoms with E-state index in [0.717, 1.165) is 42.3 Å². The first-order valence-electron chi connectivity index (χ1n) is 9.71. The Morgan fingerprint density at radius 2 is 1.72 bits per heavy atom. The summed E-state index contributed by atoms with van der Waals surface area (Å²) in [4.78, 5) is 32.5. The number of fused-ring (bicyclic) bond motifs is 1. The van der Waals surface area contributed by atoms with Gasteiger partial charge < -0.3 is 19.7 Å². The molecule has 4 rings (SSSR count). The van der Waals surface area contributed by atoms with Crippen molar-refractivity contribution in [1.29, 1.82) is 0 Å². The number of benzene rings is 1. The SMILES string of the molecule is O=C(CC(=O)N1CCN(Cc2ccc3c(c2)OCO3)CC1)NCc1ccncc1. The number of amides is 2. The number of pyridine rings is 1. The van der Waals surface area contributed by atoms with Gasteiger partial charge in [-0.25, -0.2) is 0 Å². The van der Waals surface area contributed by atoms with Gasteiger partial charge in [-0.1, -0.05) is 6.07 Å². The van der Waals surface area contributed by atoms with Crippen LogP contribution in [0.25, 0.3) is 0 Å². The molecule has 29 heavy (non-hydrogen) atoms. The summed E-state index contributed by atoms with van der Waals surface area (Å²) >= 11 is 0. The van der Waals surface area contributed by atoms with Crippen LogP contribution >= 0.6 is 0 Å². The van der Waals surface area contributed by atoms with Gasteiger partial charge in [-0.05, 0) is 35.4 Å². The first kappa shape index (κ1) is 19.2. The Labute approximate surface area is 169 Å². The van der Waals surface area contributed by atoms with Crippen molar-refractivity contribution in [2.75, 3.05) is 33.0 Å². The molecule has 1 saturated heterocycles. The maximum absolute atomic E-state index is 12.4. The predicted octanol–water partition coefficient (Wildman–Crippen LogP) is 1.16. The molecule has 0 radical (unpaired) electrons. The van der Waals surface area contributed by atoms with E-state index in [1.54, 1.807) is 17.3 Å². The number of hydrogen-bond donors (Lipinski definition) is 1. The Bertz CT molecular complexity index is 866. The quantitative estimate of drug-likeness (QED) is 0.738. The second-order valence-corrected chi connectivity index (χ2v) is 7.15. The van der Waals surface area contributed by atoms with Gasteiger partial charge in [0.1, 0.15) is 6.42 Å². The molecule has 0 bridgehead atoms. The number of ether oxygens (including phenoxy) is 2. The molecule has 2 amide bonds. The molecule has 2 aromatic rings. The van der Waals surface area contributed by atoms with Crippen molar-refractivity contribution in [3.8, 4) is 11.5 Å². The third-order valence-electron chi connectivity index (χ3n) is 5.12. The molecule has 2 aliphatic heterocycles. The van der Waals surface area contributed by atoms with Crippen LogP contribution in [0.3, 0.4) is 0 Å². The van der Waals surface area contributed by atoms with Gasteiger partial charge in [0.25, 0.3) is 0 Å². The molecule has 152 valence electrons. The van der Waals surface area contributed by atoms with Crippen molar-refractivity contribution in [1.82, 2.24) is 20.1 Å². The van der Waals surface area contributed by atoms with Crippen molar-refractivity contribution >= 4 is 11.8 Å². The fourth-order valence-corrected chi connectivity index (χ4v) is 3.47. The number of nitrogens with zero attached hydrogens (tertiary/aromatic N) is 3. The lowest BCUT2D eigenvalue weighted by molar-refractivity contribution is -0.137. The van der Waals surface area contributed by atoms with Crippen molar-refractivity contribution < 1.29 is 19.1 Å². The van der Waals surface area contributed by atoms with Crippen molar-refractivity contribution in [2.24, 2.45) is 0 Å². The minimum atomic E-state index is -0.255. The first-order valence-corrected chi connectivity index (χ1v) is 9.71. The van der Waals surface area contributed by atoms with Crippen LogP contribution in [0.4, 0.5) is 0 Å². The van der Waals surface area contributed by atoms with Gasteiger partial charge in [0.2, 0.25) is 18.6 Å². The molecule has 0 saturated carbocycles. The van der Waals surface area contributed by atoms with Gasteiger partial charge in [0, 0.05) is 51.7 Å². The highest BCUT2D eigenvalue weighted by atomic mass is 16.7. The van der Waals surface area contributed by atoms with Crippen LogP contribution < -0.4 is 14.8 Å². The normalized spacial score (nSPS) is 15.9. The van der Waals surface area contributed by atoms with Crippen LogP contribution in [0.15, 0.2) is 42.7 Å². The molecule has 3 heterocycles. The molecular weight excluding hydrogens is 372 g/mol. The van der Waals surface area contributed by atoms with Crippen molar-refractivity contribution in [3.63, 3.8) is 0 Å². The molecule has 0 unspecified atom stereocenters. The largest absolute Gasteiger partial charge is 0.454 e. The van der Waals surface area contributed by atoms with Gasteiger partial charge in [-0.3, -0.25) is 19.5 Å². The van der Waals surface area contributed by atoms with Gasteiger partial charge in [0.05, 0.1) is 0 Å². The average molecular weight is 396 g/mol. The van der Waals surface area contributed by atoms with Gasteiger partial charge in [-0.15, -0.1) is 0 Å². The van der Waals surface area contributed by atoms with Crippen LogP contribution in [0.1, 0.15) is 17.5 Å². The van der Waals surface area contributed by atoms with Crippen LogP contribution in [0.5, 0.6) is 11.5 Å². The predicted molar refractivity (Wildman–Crippen MR) is 105 cm³/mol. The van der Waals surface area contributed by atoms with Crippen LogP contribution in [0, 0.1) is 0 Å². The summed E-state index contributed by atoms with van der Waals surface area (Å²) in [6.07, 6.45) is 3.23. The number of nitrogens with one attached hydrogen (secondary N) is 1. The Hall–Kier alpha value is -3.13. The van der Waals surface area contributed by atoms with E-state index in [-0.39, 0.29) is 25.0 Å². The Morgan fingerprint density at radius 1 is 0.966 bits per heavy atom. The third kappa shape index (κ3) is 5.03. The Morgan fingerprint density at radius 3 is 2.52 bits per heavy atom. The lowest BCUT2D eigenvalue weighted by atomic mass is 10.1. The summed E-state index contributed by atoms with van der Waals surface area (Å²) in [5, 5.41) is 2.78. The molecule has 0 atom stereocenters. The average Bonchev–Trinajstić information content (AvgIpc) is 3.21. The summed E-state index contributed by atoms with van der Waals surface area (Å²) in [7, 11) is 0. The van der Waals surface area contributed by atoms with Crippen molar-refractivity contribution in [2.45, 2.75) is 19.5 Å². The fraction of sp³-hybridized carbons (Fsp3) is 0.381. The molecule has 8 nitrogen and oxygen atoms in total. The third-order valence-corrected chi connectivity index (χ3v) is 5.12. The Balaban J connectivity index is 1.20. The standard InChI is InChI=1S/C21H24N4O4/c26-20(23-13-16-3-5-22-6-4-16)12-21(27)25-9-7-24(8-10-25)14-17-1-2-18-19(11-17)29-15-28-18/h1-6,11H,7-10,12-15H2,(H,23,26). The zero-order chi connectivity index (χ0) is 20.1. The molecule has 1 aromatic heterocycles. The summed E-state index contributed by atoms with van der Waals surface area (Å²) in [6, 6.07) is 9.65. The minimum absolute atomic E-state index is 0.118. The van der Waals surface area contributed by atoms with Gasteiger partial charge >= 0.3 is 0 Å². The maximum atomic E-state index is 12.4. The summed E-state index contributed by atoms with van der Waals surface area (Å²) in [5.41, 5.74) is 2.11. The summed E-state index contributed by atoms with van der Waals surface area (Å²) in [5.74, 6) is 1.19. The molecule has 1 fully saturated rings.